The lowest BCUT2D eigenvalue weighted by molar-refractivity contribution is 0.669. The molecule has 0 spiro atoms. The predicted molar refractivity (Wildman–Crippen MR) is 180 cm³/mol. The van der Waals surface area contributed by atoms with Gasteiger partial charge in [0.05, 0.1) is 16.6 Å². The fraction of sp³-hybridized carbons (Fsp3) is 0. The maximum Gasteiger partial charge on any atom is 0.162 e. The molecular formula is C40H25N3O. The number of rotatable bonds is 4. The molecule has 0 N–H and O–H groups in total. The largest absolute Gasteiger partial charge is 0.456 e. The minimum Gasteiger partial charge on any atom is -0.456 e. The molecule has 0 bridgehead atoms. The molecule has 4 nitrogen and oxygen atoms in total. The quantitative estimate of drug-likeness (QED) is 0.214. The zero-order valence-electron chi connectivity index (χ0n) is 23.7. The molecule has 0 fully saturated rings. The van der Waals surface area contributed by atoms with Crippen LogP contribution in [0.4, 0.5) is 0 Å². The molecule has 4 heteroatoms. The molecule has 0 aliphatic heterocycles. The van der Waals surface area contributed by atoms with E-state index < -0.39 is 0 Å². The van der Waals surface area contributed by atoms with Gasteiger partial charge >= 0.3 is 0 Å². The molecule has 9 rings (SSSR count). The van der Waals surface area contributed by atoms with Crippen LogP contribution in [0.2, 0.25) is 0 Å². The maximum absolute atomic E-state index is 6.12. The van der Waals surface area contributed by atoms with E-state index in [4.69, 9.17) is 14.4 Å². The van der Waals surface area contributed by atoms with Crippen molar-refractivity contribution in [1.29, 1.82) is 0 Å². The first kappa shape index (κ1) is 24.6. The summed E-state index contributed by atoms with van der Waals surface area (Å²) in [7, 11) is 0. The summed E-state index contributed by atoms with van der Waals surface area (Å²) in [6.07, 6.45) is 0. The molecule has 206 valence electrons. The van der Waals surface area contributed by atoms with Gasteiger partial charge in [-0.25, -0.2) is 9.97 Å². The smallest absolute Gasteiger partial charge is 0.162 e. The van der Waals surface area contributed by atoms with E-state index in [1.54, 1.807) is 0 Å². The lowest BCUT2D eigenvalue weighted by Gasteiger charge is -2.10. The van der Waals surface area contributed by atoms with Gasteiger partial charge in [0, 0.05) is 33.0 Å². The van der Waals surface area contributed by atoms with Crippen molar-refractivity contribution >= 4 is 43.9 Å². The number of para-hydroxylation sites is 2. The number of fused-ring (bicyclic) bond motifs is 6. The van der Waals surface area contributed by atoms with E-state index in [1.807, 2.05) is 42.5 Å². The number of furan rings is 1. The normalized spacial score (nSPS) is 11.6. The van der Waals surface area contributed by atoms with Crippen LogP contribution in [0.5, 0.6) is 0 Å². The van der Waals surface area contributed by atoms with Crippen molar-refractivity contribution in [3.8, 4) is 39.5 Å². The first-order valence-electron chi connectivity index (χ1n) is 14.8. The van der Waals surface area contributed by atoms with Crippen LogP contribution in [-0.4, -0.2) is 14.5 Å². The van der Waals surface area contributed by atoms with Crippen LogP contribution in [0.3, 0.4) is 0 Å². The van der Waals surface area contributed by atoms with Gasteiger partial charge in [0.2, 0.25) is 0 Å². The molecule has 0 saturated heterocycles. The Hall–Kier alpha value is -6.00. The number of benzene rings is 6. The summed E-state index contributed by atoms with van der Waals surface area (Å²) < 4.78 is 8.38. The summed E-state index contributed by atoms with van der Waals surface area (Å²) in [6, 6.07) is 52.5. The summed E-state index contributed by atoms with van der Waals surface area (Å²) in [6.45, 7) is 0. The summed E-state index contributed by atoms with van der Waals surface area (Å²) in [5.41, 5.74) is 10.0. The Bertz CT molecular complexity index is 2480. The summed E-state index contributed by atoms with van der Waals surface area (Å²) >= 11 is 0. The van der Waals surface area contributed by atoms with Crippen molar-refractivity contribution < 1.29 is 4.42 Å². The Morgan fingerprint density at radius 3 is 1.84 bits per heavy atom. The zero-order valence-corrected chi connectivity index (χ0v) is 23.7. The van der Waals surface area contributed by atoms with Crippen LogP contribution in [0, 0.1) is 0 Å². The maximum atomic E-state index is 6.12. The molecule has 9 aromatic rings. The van der Waals surface area contributed by atoms with E-state index >= 15 is 0 Å². The SMILES string of the molecule is c1ccc(-c2nc(-c3ccccc3)c3c4cc(-c5ccc6oc7ccccc7c6c5)ccc4n(-c4ccccc4)c3n2)cc1. The van der Waals surface area contributed by atoms with Crippen molar-refractivity contribution in [1.82, 2.24) is 14.5 Å². The molecule has 0 radical (unpaired) electrons. The zero-order chi connectivity index (χ0) is 29.0. The summed E-state index contributed by atoms with van der Waals surface area (Å²) in [4.78, 5) is 10.5. The van der Waals surface area contributed by atoms with Gasteiger partial charge in [0.1, 0.15) is 16.8 Å². The monoisotopic (exact) mass is 563 g/mol. The van der Waals surface area contributed by atoms with Crippen molar-refractivity contribution in [2.75, 3.05) is 0 Å². The van der Waals surface area contributed by atoms with E-state index in [1.165, 1.54) is 0 Å². The highest BCUT2D eigenvalue weighted by atomic mass is 16.3. The van der Waals surface area contributed by atoms with Crippen molar-refractivity contribution in [2.45, 2.75) is 0 Å². The minimum absolute atomic E-state index is 0.703. The molecule has 6 aromatic carbocycles. The number of hydrogen-bond donors (Lipinski definition) is 0. The van der Waals surface area contributed by atoms with Gasteiger partial charge in [-0.2, -0.15) is 0 Å². The molecule has 0 unspecified atom stereocenters. The average molecular weight is 564 g/mol. The number of nitrogens with zero attached hydrogens (tertiary/aromatic N) is 3. The first-order valence-corrected chi connectivity index (χ1v) is 14.8. The van der Waals surface area contributed by atoms with E-state index in [9.17, 15) is 0 Å². The van der Waals surface area contributed by atoms with Crippen molar-refractivity contribution in [2.24, 2.45) is 0 Å². The second-order valence-corrected chi connectivity index (χ2v) is 11.0. The fourth-order valence-corrected chi connectivity index (χ4v) is 6.35. The van der Waals surface area contributed by atoms with Crippen LogP contribution < -0.4 is 0 Å². The van der Waals surface area contributed by atoms with Gasteiger partial charge in [-0.3, -0.25) is 4.57 Å². The molecule has 3 aromatic heterocycles. The van der Waals surface area contributed by atoms with Crippen LogP contribution in [0.1, 0.15) is 0 Å². The Morgan fingerprint density at radius 2 is 1.07 bits per heavy atom. The van der Waals surface area contributed by atoms with Crippen LogP contribution in [-0.2, 0) is 0 Å². The average Bonchev–Trinajstić information content (AvgIpc) is 3.64. The van der Waals surface area contributed by atoms with Crippen LogP contribution >= 0.6 is 0 Å². The predicted octanol–water partition coefficient (Wildman–Crippen LogP) is 10.5. The second kappa shape index (κ2) is 9.79. The van der Waals surface area contributed by atoms with Crippen molar-refractivity contribution in [3.05, 3.63) is 152 Å². The summed E-state index contributed by atoms with van der Waals surface area (Å²) in [5.74, 6) is 0.703. The number of hydrogen-bond acceptors (Lipinski definition) is 3. The van der Waals surface area contributed by atoms with Gasteiger partial charge in [-0.15, -0.1) is 0 Å². The van der Waals surface area contributed by atoms with E-state index in [2.05, 4.69) is 114 Å². The lowest BCUT2D eigenvalue weighted by atomic mass is 9.99. The van der Waals surface area contributed by atoms with Gasteiger partial charge in [-0.1, -0.05) is 109 Å². The lowest BCUT2D eigenvalue weighted by Crippen LogP contribution is -1.99. The number of aromatic nitrogens is 3. The van der Waals surface area contributed by atoms with Gasteiger partial charge in [-0.05, 0) is 53.6 Å². The molecule has 0 amide bonds. The van der Waals surface area contributed by atoms with Crippen LogP contribution in [0.15, 0.2) is 156 Å². The molecule has 3 heterocycles. The Kier molecular flexibility index (Phi) is 5.47. The molecule has 0 aliphatic carbocycles. The molecule has 0 aliphatic rings. The minimum atomic E-state index is 0.703. The van der Waals surface area contributed by atoms with E-state index in [-0.39, 0.29) is 0 Å². The Morgan fingerprint density at radius 1 is 0.455 bits per heavy atom. The van der Waals surface area contributed by atoms with Gasteiger partial charge < -0.3 is 4.42 Å². The Labute approximate surface area is 253 Å². The van der Waals surface area contributed by atoms with E-state index in [0.29, 0.717) is 5.82 Å². The topological polar surface area (TPSA) is 43.9 Å². The highest BCUT2D eigenvalue weighted by molar-refractivity contribution is 6.15. The first-order chi connectivity index (χ1) is 21.8. The molecule has 0 saturated carbocycles. The highest BCUT2D eigenvalue weighted by Crippen LogP contribution is 2.40. The third-order valence-corrected chi connectivity index (χ3v) is 8.41. The van der Waals surface area contributed by atoms with Gasteiger partial charge in [0.25, 0.3) is 0 Å². The molecule has 0 atom stereocenters. The summed E-state index contributed by atoms with van der Waals surface area (Å²) in [5, 5.41) is 4.38. The Balaban J connectivity index is 1.37. The van der Waals surface area contributed by atoms with Gasteiger partial charge in [0.15, 0.2) is 5.82 Å². The second-order valence-electron chi connectivity index (χ2n) is 11.0. The van der Waals surface area contributed by atoms with Crippen LogP contribution in [0.25, 0.3) is 83.3 Å². The molecule has 44 heavy (non-hydrogen) atoms. The third-order valence-electron chi connectivity index (χ3n) is 8.41. The fourth-order valence-electron chi connectivity index (χ4n) is 6.35. The van der Waals surface area contributed by atoms with Crippen molar-refractivity contribution in [3.63, 3.8) is 0 Å². The molecular weight excluding hydrogens is 538 g/mol. The van der Waals surface area contributed by atoms with E-state index in [0.717, 1.165) is 77.5 Å². The third kappa shape index (κ3) is 3.85. The highest BCUT2D eigenvalue weighted by Gasteiger charge is 2.21. The standard InChI is InChI=1S/C40H25N3O/c1-4-12-26(13-5-1)38-37-33-25-28(29-21-23-36-32(24-29)31-18-10-11-19-35(31)44-36)20-22-34(33)43(30-16-8-3-9-17-30)40(37)42-39(41-38)27-14-6-2-7-15-27/h1-25H.